The van der Waals surface area contributed by atoms with Gasteiger partial charge in [0, 0.05) is 46.0 Å². The van der Waals surface area contributed by atoms with Crippen molar-refractivity contribution in [1.82, 2.24) is 9.55 Å². The topological polar surface area (TPSA) is 57.3 Å². The van der Waals surface area contributed by atoms with Crippen LogP contribution in [0.5, 0.6) is 11.5 Å². The lowest BCUT2D eigenvalue weighted by molar-refractivity contribution is 0.483. The molecule has 0 spiro atoms. The molecule has 6 heteroatoms. The summed E-state index contributed by atoms with van der Waals surface area (Å²) in [6, 6.07) is 72.4. The van der Waals surface area contributed by atoms with Crippen molar-refractivity contribution >= 4 is 44.6 Å². The fourth-order valence-corrected chi connectivity index (χ4v) is 9.36. The van der Waals surface area contributed by atoms with Gasteiger partial charge in [0.05, 0.1) is 34.0 Å². The van der Waals surface area contributed by atoms with Gasteiger partial charge in [-0.15, -0.1) is 0 Å². The Morgan fingerprint density at radius 2 is 1.18 bits per heavy atom. The minimum Gasteiger partial charge on any atom is -0.457 e. The second kappa shape index (κ2) is 16.1. The minimum atomic E-state index is -0.0585. The first-order valence-corrected chi connectivity index (χ1v) is 22.0. The van der Waals surface area contributed by atoms with E-state index >= 15 is 0 Å². The number of pyridine rings is 1. The summed E-state index contributed by atoms with van der Waals surface area (Å²) in [5.41, 5.74) is 15.1. The molecule has 0 saturated carbocycles. The molecule has 3 heterocycles. The van der Waals surface area contributed by atoms with Crippen molar-refractivity contribution < 1.29 is 4.74 Å². The highest BCUT2D eigenvalue weighted by Gasteiger charge is 2.32. The van der Waals surface area contributed by atoms with Crippen molar-refractivity contribution in [2.45, 2.75) is 26.2 Å². The van der Waals surface area contributed by atoms with Crippen LogP contribution >= 0.6 is 0 Å². The van der Waals surface area contributed by atoms with Crippen LogP contribution in [0.25, 0.3) is 61.0 Å². The lowest BCUT2D eigenvalue weighted by Crippen LogP contribution is -2.24. The van der Waals surface area contributed by atoms with E-state index in [1.807, 2.05) is 36.5 Å². The second-order valence-electron chi connectivity index (χ2n) is 17.6. The van der Waals surface area contributed by atoms with Gasteiger partial charge in [-0.05, 0) is 112 Å². The van der Waals surface area contributed by atoms with E-state index in [1.165, 1.54) is 33.4 Å². The van der Waals surface area contributed by atoms with Crippen LogP contribution in [0, 0.1) is 11.3 Å². The molecule has 1 aliphatic rings. The molecule has 1 aliphatic heterocycles. The first-order chi connectivity index (χ1) is 31.8. The van der Waals surface area contributed by atoms with E-state index in [2.05, 4.69) is 211 Å². The largest absolute Gasteiger partial charge is 0.457 e. The molecule has 6 nitrogen and oxygen atoms in total. The number of hydrogen-bond donors (Lipinski definition) is 0. The van der Waals surface area contributed by atoms with Gasteiger partial charge in [0.15, 0.2) is 0 Å². The standard InChI is InChI=1S/C59H45N5O/c1-59(2,3)43-32-33-61-56(35-43)64-53-31-28-40(38-60)34-52(53)50-30-29-47(37-55(50)64)65-46-23-13-22-45(36-46)62-39-63(44-20-11-6-12-21-44)58-51(26-15-27-54(58)62)57-48(41-16-7-4-8-17-41)24-14-25-49(57)42-18-9-5-10-19-42/h4-37H,39H2,1-3H3. The third-order valence-electron chi connectivity index (χ3n) is 12.5. The lowest BCUT2D eigenvalue weighted by atomic mass is 9.86. The summed E-state index contributed by atoms with van der Waals surface area (Å²) in [5.74, 6) is 2.24. The Morgan fingerprint density at radius 3 is 1.89 bits per heavy atom. The third-order valence-corrected chi connectivity index (χ3v) is 12.5. The van der Waals surface area contributed by atoms with Gasteiger partial charge in [-0.1, -0.05) is 136 Å². The molecule has 10 aromatic rings. The summed E-state index contributed by atoms with van der Waals surface area (Å²) in [5, 5.41) is 11.9. The second-order valence-corrected chi connectivity index (χ2v) is 17.6. The zero-order valence-electron chi connectivity index (χ0n) is 36.5. The van der Waals surface area contributed by atoms with Gasteiger partial charge in [0.25, 0.3) is 0 Å². The molecule has 0 radical (unpaired) electrons. The van der Waals surface area contributed by atoms with Gasteiger partial charge in [-0.3, -0.25) is 4.57 Å². The smallest absolute Gasteiger partial charge is 0.137 e. The van der Waals surface area contributed by atoms with E-state index in [1.54, 1.807) is 0 Å². The summed E-state index contributed by atoms with van der Waals surface area (Å²) >= 11 is 0. The fourth-order valence-electron chi connectivity index (χ4n) is 9.36. The van der Waals surface area contributed by atoms with Crippen LogP contribution in [0.15, 0.2) is 206 Å². The van der Waals surface area contributed by atoms with Crippen LogP contribution in [0.2, 0.25) is 0 Å². The SMILES string of the molecule is CC(C)(C)c1ccnc(-n2c3ccc(C#N)cc3c3ccc(Oc4cccc(N5CN(c6ccccc6)c6c(-c7c(-c8ccccc8)cccc7-c7ccccc7)cccc65)c4)cc32)c1. The fraction of sp³-hybridized carbons (Fsp3) is 0.0847. The van der Waals surface area contributed by atoms with Gasteiger partial charge in [0.1, 0.15) is 24.0 Å². The molecular formula is C59H45N5O. The average Bonchev–Trinajstić information content (AvgIpc) is 3.90. The molecule has 312 valence electrons. The molecule has 0 amide bonds. The molecule has 11 rings (SSSR count). The van der Waals surface area contributed by atoms with E-state index in [0.29, 0.717) is 18.0 Å². The van der Waals surface area contributed by atoms with E-state index in [9.17, 15) is 5.26 Å². The lowest BCUT2D eigenvalue weighted by Gasteiger charge is -2.24. The van der Waals surface area contributed by atoms with Crippen molar-refractivity contribution in [3.8, 4) is 56.8 Å². The summed E-state index contributed by atoms with van der Waals surface area (Å²) in [6.07, 6.45) is 1.88. The molecule has 8 aromatic carbocycles. The van der Waals surface area contributed by atoms with Gasteiger partial charge in [-0.25, -0.2) is 4.98 Å². The average molecular weight is 840 g/mol. The Balaban J connectivity index is 1.03. The van der Waals surface area contributed by atoms with Crippen LogP contribution in [-0.4, -0.2) is 16.2 Å². The first kappa shape index (κ1) is 39.4. The molecular weight excluding hydrogens is 795 g/mol. The third kappa shape index (κ3) is 7.14. The predicted octanol–water partition coefficient (Wildman–Crippen LogP) is 15.4. The van der Waals surface area contributed by atoms with E-state index in [-0.39, 0.29) is 5.41 Å². The minimum absolute atomic E-state index is 0.0585. The van der Waals surface area contributed by atoms with Crippen LogP contribution in [-0.2, 0) is 5.41 Å². The molecule has 0 unspecified atom stereocenters. The number of hydrogen-bond acceptors (Lipinski definition) is 5. The number of para-hydroxylation sites is 2. The molecule has 0 saturated heterocycles. The summed E-state index contributed by atoms with van der Waals surface area (Å²) in [4.78, 5) is 9.68. The Kier molecular flexibility index (Phi) is 9.74. The van der Waals surface area contributed by atoms with Crippen molar-refractivity contribution in [2.75, 3.05) is 16.5 Å². The number of benzene rings is 8. The van der Waals surface area contributed by atoms with E-state index in [0.717, 1.165) is 61.7 Å². The van der Waals surface area contributed by atoms with Crippen molar-refractivity contribution in [3.05, 3.63) is 218 Å². The maximum absolute atomic E-state index is 9.83. The maximum Gasteiger partial charge on any atom is 0.137 e. The van der Waals surface area contributed by atoms with Crippen LogP contribution in [0.1, 0.15) is 31.9 Å². The van der Waals surface area contributed by atoms with Crippen LogP contribution < -0.4 is 14.5 Å². The highest BCUT2D eigenvalue weighted by atomic mass is 16.5. The molecule has 0 N–H and O–H groups in total. The number of rotatable bonds is 8. The Bertz CT molecular complexity index is 3380. The molecule has 0 aliphatic carbocycles. The first-order valence-electron chi connectivity index (χ1n) is 22.0. The van der Waals surface area contributed by atoms with E-state index in [4.69, 9.17) is 9.72 Å². The highest BCUT2D eigenvalue weighted by Crippen LogP contribution is 2.53. The summed E-state index contributed by atoms with van der Waals surface area (Å²) in [7, 11) is 0. The summed E-state index contributed by atoms with van der Waals surface area (Å²) in [6.45, 7) is 7.24. The predicted molar refractivity (Wildman–Crippen MR) is 267 cm³/mol. The number of aromatic nitrogens is 2. The number of anilines is 4. The van der Waals surface area contributed by atoms with Crippen LogP contribution in [0.4, 0.5) is 22.7 Å². The Labute approximate surface area is 379 Å². The zero-order valence-corrected chi connectivity index (χ0v) is 36.5. The molecule has 65 heavy (non-hydrogen) atoms. The van der Waals surface area contributed by atoms with Crippen molar-refractivity contribution in [2.24, 2.45) is 0 Å². The van der Waals surface area contributed by atoms with E-state index < -0.39 is 0 Å². The Hall–Kier alpha value is -8.40. The quantitative estimate of drug-likeness (QED) is 0.153. The number of ether oxygens (including phenoxy) is 1. The van der Waals surface area contributed by atoms with Crippen molar-refractivity contribution in [1.29, 1.82) is 5.26 Å². The zero-order chi connectivity index (χ0) is 44.1. The maximum atomic E-state index is 9.83. The Morgan fingerprint density at radius 1 is 0.538 bits per heavy atom. The summed E-state index contributed by atoms with van der Waals surface area (Å²) < 4.78 is 8.97. The highest BCUT2D eigenvalue weighted by molar-refractivity contribution is 6.10. The number of nitriles is 1. The molecule has 2 aromatic heterocycles. The van der Waals surface area contributed by atoms with Crippen LogP contribution in [0.3, 0.4) is 0 Å². The molecule has 0 fully saturated rings. The number of fused-ring (bicyclic) bond motifs is 4. The molecule has 0 atom stereocenters. The van der Waals surface area contributed by atoms with Gasteiger partial charge in [0.2, 0.25) is 0 Å². The monoisotopic (exact) mass is 839 g/mol. The molecule has 0 bridgehead atoms. The van der Waals surface area contributed by atoms with Gasteiger partial charge >= 0.3 is 0 Å². The normalized spacial score (nSPS) is 12.4. The number of nitrogens with zero attached hydrogens (tertiary/aromatic N) is 5. The van der Waals surface area contributed by atoms with Gasteiger partial charge in [-0.2, -0.15) is 5.26 Å². The van der Waals surface area contributed by atoms with Gasteiger partial charge < -0.3 is 14.5 Å². The van der Waals surface area contributed by atoms with Crippen molar-refractivity contribution in [3.63, 3.8) is 0 Å².